The number of anilines is 3. The number of rotatable bonds is 4. The van der Waals surface area contributed by atoms with E-state index in [0.717, 1.165) is 29.1 Å². The van der Waals surface area contributed by atoms with Crippen molar-refractivity contribution in [1.82, 2.24) is 4.90 Å². The molecule has 3 aliphatic heterocycles. The van der Waals surface area contributed by atoms with Crippen LogP contribution >= 0.6 is 11.6 Å². The summed E-state index contributed by atoms with van der Waals surface area (Å²) in [6.07, 6.45) is -4.06. The SMILES string of the molecule is O=C(C1Cc2cc([N+](=O)[O-])ccc2N2CCN(c3ccccc3Cl)CC12)N1CCN(c2cccc(C(F)(F)F)c2)CC1. The Bertz CT molecular complexity index is 1510. The quantitative estimate of drug-likeness (QED) is 0.292. The monoisotopic (exact) mass is 599 g/mol. The second kappa shape index (κ2) is 11.0. The van der Waals surface area contributed by atoms with Gasteiger partial charge in [-0.25, -0.2) is 0 Å². The molecular weight excluding hydrogens is 571 g/mol. The zero-order valence-corrected chi connectivity index (χ0v) is 23.4. The number of carbonyl (C=O) groups is 1. The van der Waals surface area contributed by atoms with Crippen LogP contribution in [0.1, 0.15) is 11.1 Å². The lowest BCUT2D eigenvalue weighted by Crippen LogP contribution is -2.62. The summed E-state index contributed by atoms with van der Waals surface area (Å²) >= 11 is 6.52. The molecule has 8 nitrogen and oxygen atoms in total. The van der Waals surface area contributed by atoms with E-state index < -0.39 is 22.6 Å². The Kier molecular flexibility index (Phi) is 7.38. The first kappa shape index (κ1) is 28.1. The summed E-state index contributed by atoms with van der Waals surface area (Å²) in [4.78, 5) is 33.2. The third-order valence-electron chi connectivity index (χ3n) is 8.55. The molecule has 0 N–H and O–H groups in total. The van der Waals surface area contributed by atoms with Crippen molar-refractivity contribution in [3.63, 3.8) is 0 Å². The minimum absolute atomic E-state index is 0.0113. The summed E-state index contributed by atoms with van der Waals surface area (Å²) in [5.41, 5.74) is 2.34. The van der Waals surface area contributed by atoms with Gasteiger partial charge in [0.25, 0.3) is 5.69 Å². The molecule has 2 saturated heterocycles. The van der Waals surface area contributed by atoms with Crippen LogP contribution < -0.4 is 14.7 Å². The van der Waals surface area contributed by atoms with Crippen LogP contribution in [-0.2, 0) is 17.4 Å². The molecule has 2 fully saturated rings. The number of nitro groups is 1. The number of hydrogen-bond acceptors (Lipinski definition) is 6. The Labute approximate surface area is 246 Å². The smallest absolute Gasteiger partial charge is 0.368 e. The summed E-state index contributed by atoms with van der Waals surface area (Å²) in [7, 11) is 0. The third kappa shape index (κ3) is 5.33. The van der Waals surface area contributed by atoms with Gasteiger partial charge in [-0.15, -0.1) is 0 Å². The van der Waals surface area contributed by atoms with Crippen molar-refractivity contribution in [2.75, 3.05) is 60.5 Å². The fourth-order valence-corrected chi connectivity index (χ4v) is 6.69. The van der Waals surface area contributed by atoms with E-state index in [2.05, 4.69) is 9.80 Å². The van der Waals surface area contributed by atoms with Crippen molar-refractivity contribution in [3.8, 4) is 0 Å². The van der Waals surface area contributed by atoms with Crippen LogP contribution in [0.5, 0.6) is 0 Å². The Hall–Kier alpha value is -3.99. The van der Waals surface area contributed by atoms with Gasteiger partial charge in [0.05, 0.1) is 33.2 Å². The molecular formula is C30H29ClF3N5O3. The first-order chi connectivity index (χ1) is 20.1. The van der Waals surface area contributed by atoms with E-state index in [1.165, 1.54) is 12.1 Å². The van der Waals surface area contributed by atoms with Crippen molar-refractivity contribution in [1.29, 1.82) is 0 Å². The number of para-hydroxylation sites is 1. The molecule has 0 bridgehead atoms. The van der Waals surface area contributed by atoms with Gasteiger partial charge in [0, 0.05) is 69.3 Å². The number of amides is 1. The number of alkyl halides is 3. The number of carbonyl (C=O) groups excluding carboxylic acids is 1. The van der Waals surface area contributed by atoms with E-state index >= 15 is 0 Å². The lowest BCUT2D eigenvalue weighted by atomic mass is 9.82. The van der Waals surface area contributed by atoms with E-state index in [1.807, 2.05) is 29.2 Å². The number of hydrogen-bond donors (Lipinski definition) is 0. The number of piperazine rings is 2. The van der Waals surface area contributed by atoms with Gasteiger partial charge >= 0.3 is 6.18 Å². The second-order valence-corrected chi connectivity index (χ2v) is 11.3. The third-order valence-corrected chi connectivity index (χ3v) is 8.87. The lowest BCUT2D eigenvalue weighted by Gasteiger charge is -2.50. The highest BCUT2D eigenvalue weighted by Gasteiger charge is 2.44. The summed E-state index contributed by atoms with van der Waals surface area (Å²) in [5.74, 6) is -0.503. The van der Waals surface area contributed by atoms with Gasteiger partial charge in [0.15, 0.2) is 0 Å². The molecule has 0 aromatic heterocycles. The molecule has 0 spiro atoms. The standard InChI is InChI=1S/C30H29ClF3N5O3/c31-25-6-1-2-7-27(25)37-14-15-38-26-9-8-23(39(41)42)16-20(26)17-24(28(38)19-37)29(40)36-12-10-35(11-13-36)22-5-3-4-21(18-22)30(32,33)34/h1-9,16,18,24,28H,10-15,17,19H2. The van der Waals surface area contributed by atoms with Crippen molar-refractivity contribution < 1.29 is 22.9 Å². The normalized spacial score (nSPS) is 20.7. The molecule has 2 atom stereocenters. The molecule has 2 unspecified atom stereocenters. The van der Waals surface area contributed by atoms with Crippen LogP contribution in [0.4, 0.5) is 35.9 Å². The predicted molar refractivity (Wildman–Crippen MR) is 155 cm³/mol. The number of nitro benzene ring substituents is 1. The van der Waals surface area contributed by atoms with Gasteiger partial charge in [0.1, 0.15) is 0 Å². The maximum absolute atomic E-state index is 14.1. The summed E-state index contributed by atoms with van der Waals surface area (Å²) in [6, 6.07) is 17.5. The Morgan fingerprint density at radius 1 is 0.881 bits per heavy atom. The van der Waals surface area contributed by atoms with Gasteiger partial charge in [-0.1, -0.05) is 29.8 Å². The maximum atomic E-state index is 14.1. The van der Waals surface area contributed by atoms with Crippen molar-refractivity contribution in [2.45, 2.75) is 18.6 Å². The average Bonchev–Trinajstić information content (AvgIpc) is 2.99. The van der Waals surface area contributed by atoms with Gasteiger partial charge < -0.3 is 19.6 Å². The predicted octanol–water partition coefficient (Wildman–Crippen LogP) is 5.48. The molecule has 220 valence electrons. The topological polar surface area (TPSA) is 73.2 Å². The van der Waals surface area contributed by atoms with Crippen LogP contribution in [-0.4, -0.2) is 67.6 Å². The highest BCUT2D eigenvalue weighted by Crippen LogP contribution is 2.40. The molecule has 3 aromatic rings. The maximum Gasteiger partial charge on any atom is 0.416 e. The lowest BCUT2D eigenvalue weighted by molar-refractivity contribution is -0.384. The number of nitrogens with zero attached hydrogens (tertiary/aromatic N) is 5. The highest BCUT2D eigenvalue weighted by atomic mass is 35.5. The number of benzene rings is 3. The molecule has 12 heteroatoms. The van der Waals surface area contributed by atoms with E-state index in [1.54, 1.807) is 23.1 Å². The minimum Gasteiger partial charge on any atom is -0.368 e. The Morgan fingerprint density at radius 2 is 1.62 bits per heavy atom. The zero-order chi connectivity index (χ0) is 29.6. The van der Waals surface area contributed by atoms with E-state index in [0.29, 0.717) is 62.9 Å². The van der Waals surface area contributed by atoms with Crippen molar-refractivity contribution in [3.05, 3.63) is 93.0 Å². The molecule has 0 saturated carbocycles. The Balaban J connectivity index is 1.24. The van der Waals surface area contributed by atoms with E-state index in [4.69, 9.17) is 11.6 Å². The van der Waals surface area contributed by atoms with Gasteiger partial charge in [-0.05, 0) is 48.4 Å². The van der Waals surface area contributed by atoms with Crippen LogP contribution in [0.15, 0.2) is 66.7 Å². The van der Waals surface area contributed by atoms with E-state index in [-0.39, 0.29) is 17.6 Å². The van der Waals surface area contributed by atoms with Crippen LogP contribution in [0, 0.1) is 16.0 Å². The first-order valence-electron chi connectivity index (χ1n) is 13.8. The van der Waals surface area contributed by atoms with Gasteiger partial charge in [-0.2, -0.15) is 13.2 Å². The average molecular weight is 600 g/mol. The number of fused-ring (bicyclic) bond motifs is 3. The fraction of sp³-hybridized carbons (Fsp3) is 0.367. The van der Waals surface area contributed by atoms with Crippen LogP contribution in [0.3, 0.4) is 0 Å². The molecule has 6 rings (SSSR count). The summed E-state index contributed by atoms with van der Waals surface area (Å²) in [6.45, 7) is 3.40. The van der Waals surface area contributed by atoms with Crippen LogP contribution in [0.25, 0.3) is 0 Å². The van der Waals surface area contributed by atoms with Crippen LogP contribution in [0.2, 0.25) is 5.02 Å². The molecule has 0 aliphatic carbocycles. The molecule has 1 amide bonds. The molecule has 3 aromatic carbocycles. The summed E-state index contributed by atoms with van der Waals surface area (Å²) in [5, 5.41) is 12.1. The second-order valence-electron chi connectivity index (χ2n) is 10.9. The van der Waals surface area contributed by atoms with Crippen molar-refractivity contribution >= 4 is 40.3 Å². The van der Waals surface area contributed by atoms with Crippen molar-refractivity contribution in [2.24, 2.45) is 5.92 Å². The fourth-order valence-electron chi connectivity index (χ4n) is 6.43. The summed E-state index contributed by atoms with van der Waals surface area (Å²) < 4.78 is 39.8. The molecule has 3 aliphatic rings. The molecule has 0 radical (unpaired) electrons. The van der Waals surface area contributed by atoms with Gasteiger partial charge in [0.2, 0.25) is 5.91 Å². The van der Waals surface area contributed by atoms with Gasteiger partial charge in [-0.3, -0.25) is 14.9 Å². The van der Waals surface area contributed by atoms with E-state index in [9.17, 15) is 28.1 Å². The zero-order valence-electron chi connectivity index (χ0n) is 22.6. The first-order valence-corrected chi connectivity index (χ1v) is 14.2. The minimum atomic E-state index is -4.43. The highest BCUT2D eigenvalue weighted by molar-refractivity contribution is 6.33. The molecule has 3 heterocycles. The number of non-ortho nitro benzene ring substituents is 1. The molecule has 42 heavy (non-hydrogen) atoms. The largest absolute Gasteiger partial charge is 0.416 e. The Morgan fingerprint density at radius 3 is 2.33 bits per heavy atom. The number of halogens is 4.